The van der Waals surface area contributed by atoms with Crippen LogP contribution in [0.15, 0.2) is 16.6 Å². The fourth-order valence-corrected chi connectivity index (χ4v) is 11.2. The second-order valence-corrected chi connectivity index (χ2v) is 18.1. The third-order valence-electron chi connectivity index (χ3n) is 13.9. The van der Waals surface area contributed by atoms with Gasteiger partial charge in [0, 0.05) is 19.8 Å². The molecule has 0 amide bonds. The Morgan fingerprint density at radius 2 is 1.61 bits per heavy atom. The quantitative estimate of drug-likeness (QED) is 0.0512. The van der Waals surface area contributed by atoms with Crippen molar-refractivity contribution in [1.82, 2.24) is 0 Å². The number of guanidine groups is 1. The molecule has 0 heterocycles. The van der Waals surface area contributed by atoms with Crippen LogP contribution in [0.4, 0.5) is 0 Å². The topological polar surface area (TPSA) is 92.1 Å². The van der Waals surface area contributed by atoms with Gasteiger partial charge in [0.2, 0.25) is 0 Å². The highest BCUT2D eigenvalue weighted by Gasteiger charge is 2.59. The number of unbranched alkanes of at least 4 members (excludes halogenated alkanes) is 6. The van der Waals surface area contributed by atoms with Crippen LogP contribution in [0.3, 0.4) is 0 Å². The molecule has 0 bridgehead atoms. The zero-order chi connectivity index (χ0) is 35.5. The molecule has 0 aromatic heterocycles. The fourth-order valence-electron chi connectivity index (χ4n) is 11.2. The first-order valence-electron chi connectivity index (χ1n) is 21.1. The molecule has 0 radical (unpaired) electrons. The number of rotatable bonds is 22. The van der Waals surface area contributed by atoms with E-state index in [2.05, 4.69) is 52.6 Å². The van der Waals surface area contributed by atoms with Crippen molar-refractivity contribution in [3.05, 3.63) is 11.6 Å². The van der Waals surface area contributed by atoms with E-state index < -0.39 is 5.72 Å². The number of fused-ring (bicyclic) bond motifs is 5. The Balaban J connectivity index is 1.18. The lowest BCUT2D eigenvalue weighted by Crippen LogP contribution is -2.51. The van der Waals surface area contributed by atoms with Crippen molar-refractivity contribution in [3.63, 3.8) is 0 Å². The number of ether oxygens (including phenoxy) is 3. The number of hydrogen-bond donors (Lipinski definition) is 2. The molecular formula is C43H79N3O3. The van der Waals surface area contributed by atoms with Gasteiger partial charge in [-0.15, -0.1) is 0 Å². The van der Waals surface area contributed by atoms with Gasteiger partial charge in [-0.3, -0.25) is 0 Å². The Hall–Kier alpha value is -1.11. The van der Waals surface area contributed by atoms with Crippen LogP contribution in [-0.2, 0) is 14.2 Å². The molecule has 49 heavy (non-hydrogen) atoms. The van der Waals surface area contributed by atoms with Crippen LogP contribution in [0.25, 0.3) is 0 Å². The maximum atomic E-state index is 6.52. The second kappa shape index (κ2) is 19.1. The maximum absolute atomic E-state index is 6.52. The lowest BCUT2D eigenvalue weighted by Gasteiger charge is -2.58. The standard InChI is InChI=1S/C43H79N3O3/c1-8-9-10-11-12-13-27-47-31-43(7,46-40(44)45)49-29-15-14-28-48-35-23-25-41(5)34(30-35)19-20-36-38-22-21-37(33(4)18-16-17-32(2)3)42(38,6)26-24-39(36)41/h19,32-33,35-39H,8-18,20-31H2,1-7H3,(H4,44,45,46)/t33-,35+,36?,37-,38?,39?,41+,42-,43-/m1/s1. The molecule has 0 saturated heterocycles. The monoisotopic (exact) mass is 686 g/mol. The van der Waals surface area contributed by atoms with Gasteiger partial charge in [0.25, 0.3) is 0 Å². The third kappa shape index (κ3) is 11.0. The lowest BCUT2D eigenvalue weighted by atomic mass is 9.47. The van der Waals surface area contributed by atoms with E-state index in [4.69, 9.17) is 25.7 Å². The van der Waals surface area contributed by atoms with Crippen molar-refractivity contribution in [1.29, 1.82) is 0 Å². The lowest BCUT2D eigenvalue weighted by molar-refractivity contribution is -0.0846. The molecular weight excluding hydrogens is 606 g/mol. The molecule has 0 aliphatic heterocycles. The Morgan fingerprint density at radius 1 is 0.878 bits per heavy atom. The van der Waals surface area contributed by atoms with Crippen LogP contribution in [0.5, 0.6) is 0 Å². The van der Waals surface area contributed by atoms with Crippen LogP contribution in [0.2, 0.25) is 0 Å². The minimum absolute atomic E-state index is 0.0402. The number of aliphatic imine (C=N–C) groups is 1. The molecule has 3 saturated carbocycles. The van der Waals surface area contributed by atoms with Gasteiger partial charge < -0.3 is 25.7 Å². The van der Waals surface area contributed by atoms with Gasteiger partial charge in [-0.2, -0.15) is 0 Å². The largest absolute Gasteiger partial charge is 0.378 e. The van der Waals surface area contributed by atoms with E-state index >= 15 is 0 Å². The maximum Gasteiger partial charge on any atom is 0.188 e. The van der Waals surface area contributed by atoms with Crippen molar-refractivity contribution in [3.8, 4) is 0 Å². The van der Waals surface area contributed by atoms with E-state index in [1.54, 1.807) is 5.57 Å². The van der Waals surface area contributed by atoms with E-state index in [-0.39, 0.29) is 5.96 Å². The van der Waals surface area contributed by atoms with Gasteiger partial charge >= 0.3 is 0 Å². The van der Waals surface area contributed by atoms with Crippen LogP contribution < -0.4 is 11.5 Å². The number of allylic oxidation sites excluding steroid dienone is 1. The minimum Gasteiger partial charge on any atom is -0.378 e. The summed E-state index contributed by atoms with van der Waals surface area (Å²) in [6.45, 7) is 19.3. The molecule has 0 aromatic carbocycles. The first kappa shape index (κ1) is 40.7. The smallest absolute Gasteiger partial charge is 0.188 e. The Kier molecular flexibility index (Phi) is 15.9. The van der Waals surface area contributed by atoms with E-state index in [1.807, 2.05) is 6.92 Å². The summed E-state index contributed by atoms with van der Waals surface area (Å²) in [5.74, 6) is 5.38. The molecule has 3 fully saturated rings. The van der Waals surface area contributed by atoms with E-state index in [0.717, 1.165) is 74.4 Å². The van der Waals surface area contributed by atoms with E-state index in [9.17, 15) is 0 Å². The molecule has 0 spiro atoms. The summed E-state index contributed by atoms with van der Waals surface area (Å²) in [5.41, 5.74) is 13.3. The van der Waals surface area contributed by atoms with E-state index in [0.29, 0.717) is 30.1 Å². The summed E-state index contributed by atoms with van der Waals surface area (Å²) in [6.07, 6.45) is 27.4. The van der Waals surface area contributed by atoms with Crippen molar-refractivity contribution in [2.24, 2.45) is 62.8 Å². The molecule has 9 atom stereocenters. The summed E-state index contributed by atoms with van der Waals surface area (Å²) in [7, 11) is 0. The zero-order valence-corrected chi connectivity index (χ0v) is 33.2. The normalized spacial score (nSPS) is 32.9. The molecule has 6 nitrogen and oxygen atoms in total. The first-order valence-corrected chi connectivity index (χ1v) is 21.1. The van der Waals surface area contributed by atoms with Gasteiger partial charge in [0.15, 0.2) is 11.7 Å². The van der Waals surface area contributed by atoms with E-state index in [1.165, 1.54) is 96.3 Å². The summed E-state index contributed by atoms with van der Waals surface area (Å²) < 4.78 is 18.6. The van der Waals surface area contributed by atoms with Gasteiger partial charge in [0.1, 0.15) is 0 Å². The highest BCUT2D eigenvalue weighted by atomic mass is 16.6. The summed E-state index contributed by atoms with van der Waals surface area (Å²) in [4.78, 5) is 4.37. The van der Waals surface area contributed by atoms with Crippen molar-refractivity contribution < 1.29 is 14.2 Å². The Labute approximate surface area is 302 Å². The molecule has 4 aliphatic carbocycles. The zero-order valence-electron chi connectivity index (χ0n) is 33.2. The summed E-state index contributed by atoms with van der Waals surface area (Å²) >= 11 is 0. The highest BCUT2D eigenvalue weighted by molar-refractivity contribution is 5.76. The number of nitrogens with two attached hydrogens (primary N) is 2. The van der Waals surface area contributed by atoms with Crippen LogP contribution in [0, 0.1) is 46.3 Å². The number of hydrogen-bond acceptors (Lipinski definition) is 4. The molecule has 284 valence electrons. The van der Waals surface area contributed by atoms with Crippen molar-refractivity contribution in [2.45, 2.75) is 182 Å². The van der Waals surface area contributed by atoms with Crippen molar-refractivity contribution >= 4 is 5.96 Å². The molecule has 3 unspecified atom stereocenters. The van der Waals surface area contributed by atoms with Gasteiger partial charge in [0.05, 0.1) is 12.7 Å². The third-order valence-corrected chi connectivity index (χ3v) is 13.9. The SMILES string of the molecule is CCCCCCCCOC[C@](C)(N=C(N)N)OCCCCO[C@H]1CC[C@@]2(C)C(=CCC3C2CC[C@@]2(C)C3CC[C@@H]2[C@H](C)CCCC(C)C)C1. The average molecular weight is 686 g/mol. The molecule has 4 N–H and O–H groups in total. The van der Waals surface area contributed by atoms with Gasteiger partial charge in [-0.1, -0.05) is 105 Å². The molecule has 4 aliphatic rings. The molecule has 4 rings (SSSR count). The molecule has 0 aromatic rings. The van der Waals surface area contributed by atoms with Gasteiger partial charge in [-0.25, -0.2) is 4.99 Å². The van der Waals surface area contributed by atoms with Crippen LogP contribution in [0.1, 0.15) is 170 Å². The first-order chi connectivity index (χ1) is 23.4. The minimum atomic E-state index is -0.845. The van der Waals surface area contributed by atoms with Crippen LogP contribution >= 0.6 is 0 Å². The van der Waals surface area contributed by atoms with Gasteiger partial charge in [-0.05, 0) is 124 Å². The summed E-state index contributed by atoms with van der Waals surface area (Å²) in [6, 6.07) is 0. The number of nitrogens with zero attached hydrogens (tertiary/aromatic N) is 1. The highest BCUT2D eigenvalue weighted by Crippen LogP contribution is 2.67. The second-order valence-electron chi connectivity index (χ2n) is 18.1. The average Bonchev–Trinajstić information content (AvgIpc) is 3.41. The van der Waals surface area contributed by atoms with Crippen LogP contribution in [-0.4, -0.2) is 44.2 Å². The Bertz CT molecular complexity index is 1040. The Morgan fingerprint density at radius 3 is 2.37 bits per heavy atom. The predicted molar refractivity (Wildman–Crippen MR) is 206 cm³/mol. The van der Waals surface area contributed by atoms with Crippen molar-refractivity contribution in [2.75, 3.05) is 26.4 Å². The predicted octanol–water partition coefficient (Wildman–Crippen LogP) is 10.6. The molecule has 6 heteroatoms. The fraction of sp³-hybridized carbons (Fsp3) is 0.930. The summed E-state index contributed by atoms with van der Waals surface area (Å²) in [5, 5.41) is 0.